The molecule has 0 saturated carbocycles. The van der Waals surface area contributed by atoms with Gasteiger partial charge in [0, 0.05) is 23.9 Å². The van der Waals surface area contributed by atoms with E-state index < -0.39 is 0 Å². The number of hydrogen-bond donors (Lipinski definition) is 1. The fraction of sp³-hybridized carbons (Fsp3) is 0.375. The van der Waals surface area contributed by atoms with Gasteiger partial charge in [-0.1, -0.05) is 25.1 Å². The second kappa shape index (κ2) is 5.39. The summed E-state index contributed by atoms with van der Waals surface area (Å²) in [6, 6.07) is 6.29. The van der Waals surface area contributed by atoms with Crippen molar-refractivity contribution in [1.29, 1.82) is 0 Å². The second-order valence-electron chi connectivity index (χ2n) is 4.84. The van der Waals surface area contributed by atoms with E-state index in [0.29, 0.717) is 0 Å². The van der Waals surface area contributed by atoms with Crippen molar-refractivity contribution < 1.29 is 0 Å². The van der Waals surface area contributed by atoms with E-state index in [-0.39, 0.29) is 0 Å². The van der Waals surface area contributed by atoms with Crippen molar-refractivity contribution in [3.05, 3.63) is 40.6 Å². The van der Waals surface area contributed by atoms with Crippen molar-refractivity contribution in [3.63, 3.8) is 0 Å². The molecule has 2 aromatic rings. The Bertz CT molecular complexity index is 558. The zero-order valence-electron chi connectivity index (χ0n) is 12.3. The molecule has 3 nitrogen and oxygen atoms in total. The van der Waals surface area contributed by atoms with Crippen LogP contribution < -0.4 is 5.32 Å². The summed E-state index contributed by atoms with van der Waals surface area (Å²) >= 11 is 0. The van der Waals surface area contributed by atoms with Gasteiger partial charge in [-0.05, 0) is 38.3 Å². The van der Waals surface area contributed by atoms with Crippen molar-refractivity contribution in [3.8, 4) is 11.4 Å². The smallest absolute Gasteiger partial charge is 0.162 e. The number of aromatic nitrogens is 2. The largest absolute Gasteiger partial charge is 0.373 e. The molecule has 1 aromatic carbocycles. The molecule has 0 aliphatic rings. The lowest BCUT2D eigenvalue weighted by atomic mass is 10.0. The van der Waals surface area contributed by atoms with Crippen molar-refractivity contribution >= 4 is 5.82 Å². The highest BCUT2D eigenvalue weighted by Gasteiger charge is 2.13. The van der Waals surface area contributed by atoms with Gasteiger partial charge in [0.2, 0.25) is 0 Å². The summed E-state index contributed by atoms with van der Waals surface area (Å²) in [5.74, 6) is 1.74. The number of hydrogen-bond acceptors (Lipinski definition) is 3. The monoisotopic (exact) mass is 255 g/mol. The van der Waals surface area contributed by atoms with Crippen LogP contribution in [0.15, 0.2) is 18.2 Å². The number of benzene rings is 1. The molecule has 0 saturated heterocycles. The molecule has 0 aliphatic carbocycles. The van der Waals surface area contributed by atoms with Crippen molar-refractivity contribution in [2.45, 2.75) is 34.1 Å². The number of anilines is 1. The molecule has 0 amide bonds. The first kappa shape index (κ1) is 13.5. The molecule has 0 aliphatic heterocycles. The molecule has 0 bridgehead atoms. The van der Waals surface area contributed by atoms with Gasteiger partial charge in [0.1, 0.15) is 5.82 Å². The molecular weight excluding hydrogens is 234 g/mol. The number of nitrogens with one attached hydrogen (secondary N) is 1. The van der Waals surface area contributed by atoms with Gasteiger partial charge in [0.05, 0.1) is 0 Å². The van der Waals surface area contributed by atoms with Crippen LogP contribution in [-0.2, 0) is 6.42 Å². The topological polar surface area (TPSA) is 37.8 Å². The Balaban J connectivity index is 2.69. The van der Waals surface area contributed by atoms with Crippen LogP contribution in [0.2, 0.25) is 0 Å². The molecule has 1 N–H and O–H groups in total. The van der Waals surface area contributed by atoms with Crippen LogP contribution in [0.4, 0.5) is 5.82 Å². The van der Waals surface area contributed by atoms with Gasteiger partial charge in [-0.3, -0.25) is 0 Å². The fourth-order valence-electron chi connectivity index (χ4n) is 2.43. The van der Waals surface area contributed by atoms with Crippen LogP contribution in [0.25, 0.3) is 11.4 Å². The minimum absolute atomic E-state index is 0.822. The third-order valence-electron chi connectivity index (χ3n) is 3.52. The molecule has 19 heavy (non-hydrogen) atoms. The highest BCUT2D eigenvalue weighted by atomic mass is 15.0. The van der Waals surface area contributed by atoms with Gasteiger partial charge >= 0.3 is 0 Å². The van der Waals surface area contributed by atoms with Gasteiger partial charge in [-0.2, -0.15) is 0 Å². The minimum Gasteiger partial charge on any atom is -0.373 e. The van der Waals surface area contributed by atoms with Crippen molar-refractivity contribution in [2.24, 2.45) is 0 Å². The summed E-state index contributed by atoms with van der Waals surface area (Å²) in [7, 11) is 1.91. The second-order valence-corrected chi connectivity index (χ2v) is 4.84. The van der Waals surface area contributed by atoms with Gasteiger partial charge in [-0.15, -0.1) is 0 Å². The summed E-state index contributed by atoms with van der Waals surface area (Å²) < 4.78 is 0. The Kier molecular flexibility index (Phi) is 3.84. The van der Waals surface area contributed by atoms with E-state index in [4.69, 9.17) is 4.98 Å². The van der Waals surface area contributed by atoms with Gasteiger partial charge in [0.15, 0.2) is 5.82 Å². The number of rotatable bonds is 3. The van der Waals surface area contributed by atoms with Gasteiger partial charge < -0.3 is 5.32 Å². The predicted octanol–water partition coefficient (Wildman–Crippen LogP) is 3.67. The molecule has 3 heteroatoms. The maximum absolute atomic E-state index is 4.74. The standard InChI is InChI=1S/C16H21N3/c1-6-13-12(4)15(17-5)19-16(18-13)14-10(2)8-7-9-11(14)3/h7-9H,6H2,1-5H3,(H,17,18,19). The average molecular weight is 255 g/mol. The number of nitrogens with zero attached hydrogens (tertiary/aromatic N) is 2. The molecule has 0 atom stereocenters. The maximum atomic E-state index is 4.74. The summed E-state index contributed by atoms with van der Waals surface area (Å²) in [5, 5.41) is 3.17. The summed E-state index contributed by atoms with van der Waals surface area (Å²) in [4.78, 5) is 9.41. The van der Waals surface area contributed by atoms with Crippen molar-refractivity contribution in [2.75, 3.05) is 12.4 Å². The highest BCUT2D eigenvalue weighted by molar-refractivity contribution is 5.66. The van der Waals surface area contributed by atoms with Crippen LogP contribution in [0.3, 0.4) is 0 Å². The van der Waals surface area contributed by atoms with E-state index in [9.17, 15) is 0 Å². The normalized spacial score (nSPS) is 10.6. The van der Waals surface area contributed by atoms with Crippen LogP contribution in [0.5, 0.6) is 0 Å². The molecule has 0 radical (unpaired) electrons. The Morgan fingerprint density at radius 2 is 1.68 bits per heavy atom. The number of aryl methyl sites for hydroxylation is 3. The molecule has 1 heterocycles. The van der Waals surface area contributed by atoms with Crippen LogP contribution >= 0.6 is 0 Å². The third-order valence-corrected chi connectivity index (χ3v) is 3.52. The van der Waals surface area contributed by atoms with E-state index in [1.54, 1.807) is 0 Å². The average Bonchev–Trinajstić information content (AvgIpc) is 2.40. The summed E-state index contributed by atoms with van der Waals surface area (Å²) in [5.41, 5.74) is 5.83. The van der Waals surface area contributed by atoms with Crippen LogP contribution in [0.1, 0.15) is 29.3 Å². The molecule has 100 valence electrons. The van der Waals surface area contributed by atoms with Crippen LogP contribution in [0, 0.1) is 20.8 Å². The lowest BCUT2D eigenvalue weighted by Crippen LogP contribution is -2.05. The fourth-order valence-corrected chi connectivity index (χ4v) is 2.43. The van der Waals surface area contributed by atoms with Crippen molar-refractivity contribution in [1.82, 2.24) is 9.97 Å². The van der Waals surface area contributed by atoms with E-state index in [2.05, 4.69) is 56.2 Å². The molecule has 0 fully saturated rings. The van der Waals surface area contributed by atoms with E-state index >= 15 is 0 Å². The van der Waals surface area contributed by atoms with E-state index in [1.165, 1.54) is 11.1 Å². The lowest BCUT2D eigenvalue weighted by molar-refractivity contribution is 0.975. The predicted molar refractivity (Wildman–Crippen MR) is 80.6 cm³/mol. The zero-order chi connectivity index (χ0) is 14.0. The summed E-state index contributed by atoms with van der Waals surface area (Å²) in [6.07, 6.45) is 0.918. The molecular formula is C16H21N3. The third kappa shape index (κ3) is 2.46. The first-order chi connectivity index (χ1) is 9.08. The zero-order valence-corrected chi connectivity index (χ0v) is 12.3. The van der Waals surface area contributed by atoms with Crippen LogP contribution in [-0.4, -0.2) is 17.0 Å². The SMILES string of the molecule is CCc1nc(-c2c(C)cccc2C)nc(NC)c1C. The van der Waals surface area contributed by atoms with Gasteiger partial charge in [0.25, 0.3) is 0 Å². The Hall–Kier alpha value is -1.90. The quantitative estimate of drug-likeness (QED) is 0.909. The molecule has 2 rings (SSSR count). The first-order valence-electron chi connectivity index (χ1n) is 6.70. The lowest BCUT2D eigenvalue weighted by Gasteiger charge is -2.14. The minimum atomic E-state index is 0.822. The first-order valence-corrected chi connectivity index (χ1v) is 6.70. The Morgan fingerprint density at radius 3 is 2.21 bits per heavy atom. The molecule has 0 spiro atoms. The Labute approximate surface area is 115 Å². The maximum Gasteiger partial charge on any atom is 0.162 e. The molecule has 0 unspecified atom stereocenters. The molecule has 1 aromatic heterocycles. The summed E-state index contributed by atoms with van der Waals surface area (Å²) in [6.45, 7) is 8.41. The van der Waals surface area contributed by atoms with Gasteiger partial charge in [-0.25, -0.2) is 9.97 Å². The van der Waals surface area contributed by atoms with E-state index in [0.717, 1.165) is 34.9 Å². The highest BCUT2D eigenvalue weighted by Crippen LogP contribution is 2.27. The van der Waals surface area contributed by atoms with E-state index in [1.807, 2.05) is 7.05 Å². The Morgan fingerprint density at radius 1 is 1.05 bits per heavy atom.